The van der Waals surface area contributed by atoms with Crippen LogP contribution in [0, 0.1) is 0 Å². The van der Waals surface area contributed by atoms with Crippen LogP contribution in [0.3, 0.4) is 0 Å². The third-order valence-electron chi connectivity index (χ3n) is 10.8. The van der Waals surface area contributed by atoms with E-state index in [1.54, 1.807) is 6.08 Å². The number of phosphoric ester groups is 1. The van der Waals surface area contributed by atoms with Gasteiger partial charge in [0.15, 0.2) is 0 Å². The number of rotatable bonds is 44. The third-order valence-corrected chi connectivity index (χ3v) is 11.8. The van der Waals surface area contributed by atoms with E-state index in [0.717, 1.165) is 51.4 Å². The van der Waals surface area contributed by atoms with E-state index in [2.05, 4.69) is 43.5 Å². The maximum Gasteiger partial charge on any atom is 0.472 e. The minimum Gasteiger partial charge on any atom is -0.387 e. The van der Waals surface area contributed by atoms with Crippen LogP contribution in [0.2, 0.25) is 0 Å². The van der Waals surface area contributed by atoms with Crippen LogP contribution in [0.25, 0.3) is 0 Å². The number of amides is 1. The molecule has 0 aliphatic rings. The van der Waals surface area contributed by atoms with E-state index in [0.29, 0.717) is 17.4 Å². The molecule has 0 spiro atoms. The van der Waals surface area contributed by atoms with Crippen molar-refractivity contribution in [3.05, 3.63) is 36.5 Å². The van der Waals surface area contributed by atoms with Crippen LogP contribution in [-0.2, 0) is 18.4 Å². The number of nitrogens with one attached hydrogen (secondary N) is 1. The highest BCUT2D eigenvalue weighted by Crippen LogP contribution is 2.43. The zero-order valence-corrected chi connectivity index (χ0v) is 39.7. The summed E-state index contributed by atoms with van der Waals surface area (Å²) in [6.45, 7) is 4.79. The molecule has 0 aromatic heterocycles. The second-order valence-electron chi connectivity index (χ2n) is 17.8. The van der Waals surface area contributed by atoms with Gasteiger partial charge in [0, 0.05) is 6.42 Å². The average molecular weight is 840 g/mol. The van der Waals surface area contributed by atoms with E-state index < -0.39 is 20.0 Å². The number of unbranched alkanes of at least 4 members (excludes halogenated alkanes) is 27. The Labute approximate surface area is 359 Å². The van der Waals surface area contributed by atoms with Crippen LogP contribution in [0.4, 0.5) is 0 Å². The Morgan fingerprint density at radius 3 is 1.38 bits per heavy atom. The zero-order chi connectivity index (χ0) is 42.8. The number of quaternary nitrogens is 1. The molecule has 0 saturated carbocycles. The first-order valence-electron chi connectivity index (χ1n) is 24.4. The molecule has 0 rings (SSSR count). The molecule has 58 heavy (non-hydrogen) atoms. The van der Waals surface area contributed by atoms with E-state index in [-0.39, 0.29) is 19.1 Å². The Morgan fingerprint density at radius 1 is 0.569 bits per heavy atom. The molecule has 3 unspecified atom stereocenters. The molecule has 342 valence electrons. The standard InChI is InChI=1S/C49H95N2O6P/c1-6-8-10-12-14-16-18-20-22-24-25-26-27-28-30-32-34-36-38-40-42-48(52)47(46-57-58(54,55)56-45-44-51(3,4)5)50-49(53)43-41-39-37-35-33-31-29-23-21-19-17-15-13-11-9-7-2/h23,29,32,34,40,42,47-48,52H,6-22,24-28,30-31,33,35-39,41,43-46H2,1-5H3,(H-,50,53,54,55)/p+1/b29-23-,34-32+,42-40+. The van der Waals surface area contributed by atoms with E-state index in [9.17, 15) is 19.4 Å². The van der Waals surface area contributed by atoms with Gasteiger partial charge in [-0.1, -0.05) is 192 Å². The molecule has 1 amide bonds. The lowest BCUT2D eigenvalue weighted by atomic mass is 10.0. The third kappa shape index (κ3) is 42.8. The number of aliphatic hydroxyl groups is 1. The molecule has 0 aromatic carbocycles. The van der Waals surface area contributed by atoms with Crippen molar-refractivity contribution < 1.29 is 32.9 Å². The lowest BCUT2D eigenvalue weighted by Crippen LogP contribution is -2.45. The molecular weight excluding hydrogens is 744 g/mol. The minimum absolute atomic E-state index is 0.0548. The SMILES string of the molecule is CCCCCCCCC/C=C\CCCCCCCC(=O)NC(COP(=O)(O)OCC[N+](C)(C)C)C(O)/C=C/CC/C=C/CCCCCCCCCCCCCCCC. The smallest absolute Gasteiger partial charge is 0.387 e. The Balaban J connectivity index is 4.41. The quantitative estimate of drug-likeness (QED) is 0.0244. The van der Waals surface area contributed by atoms with Gasteiger partial charge in [-0.2, -0.15) is 0 Å². The first kappa shape index (κ1) is 56.7. The second-order valence-corrected chi connectivity index (χ2v) is 19.3. The Hall–Kier alpha value is -1.28. The van der Waals surface area contributed by atoms with Crippen LogP contribution in [0.15, 0.2) is 36.5 Å². The van der Waals surface area contributed by atoms with Gasteiger partial charge >= 0.3 is 7.82 Å². The number of carbonyl (C=O) groups is 1. The van der Waals surface area contributed by atoms with Crippen LogP contribution in [-0.4, -0.2) is 73.4 Å². The zero-order valence-electron chi connectivity index (χ0n) is 38.8. The predicted molar refractivity (Wildman–Crippen MR) is 249 cm³/mol. The van der Waals surface area contributed by atoms with E-state index in [4.69, 9.17) is 9.05 Å². The van der Waals surface area contributed by atoms with Crippen molar-refractivity contribution in [1.82, 2.24) is 5.32 Å². The van der Waals surface area contributed by atoms with Gasteiger partial charge in [0.25, 0.3) is 0 Å². The van der Waals surface area contributed by atoms with Crippen LogP contribution >= 0.6 is 7.82 Å². The average Bonchev–Trinajstić information content (AvgIpc) is 3.17. The van der Waals surface area contributed by atoms with Gasteiger partial charge < -0.3 is 19.8 Å². The van der Waals surface area contributed by atoms with Gasteiger partial charge in [0.2, 0.25) is 5.91 Å². The fourth-order valence-corrected chi connectivity index (χ4v) is 7.67. The normalized spacial score (nSPS) is 14.5. The molecule has 0 heterocycles. The molecule has 0 fully saturated rings. The van der Waals surface area contributed by atoms with Crippen molar-refractivity contribution in [2.75, 3.05) is 40.9 Å². The maximum atomic E-state index is 12.9. The molecule has 3 N–H and O–H groups in total. The molecule has 9 heteroatoms. The van der Waals surface area contributed by atoms with Gasteiger partial charge in [-0.05, 0) is 57.8 Å². The van der Waals surface area contributed by atoms with Gasteiger partial charge in [-0.15, -0.1) is 0 Å². The number of phosphoric acid groups is 1. The molecule has 3 atom stereocenters. The Bertz CT molecular complexity index is 1040. The van der Waals surface area contributed by atoms with Crippen molar-refractivity contribution in [2.24, 2.45) is 0 Å². The van der Waals surface area contributed by atoms with Crippen molar-refractivity contribution >= 4 is 13.7 Å². The molecule has 8 nitrogen and oxygen atoms in total. The lowest BCUT2D eigenvalue weighted by Gasteiger charge is -2.25. The molecule has 0 bridgehead atoms. The summed E-state index contributed by atoms with van der Waals surface area (Å²) in [5, 5.41) is 13.8. The lowest BCUT2D eigenvalue weighted by molar-refractivity contribution is -0.870. The first-order valence-corrected chi connectivity index (χ1v) is 25.9. The molecular formula is C49H96N2O6P+. The van der Waals surface area contributed by atoms with E-state index in [1.165, 1.54) is 148 Å². The number of aliphatic hydroxyl groups excluding tert-OH is 1. The summed E-state index contributed by atoms with van der Waals surface area (Å²) in [4.78, 5) is 23.2. The highest BCUT2D eigenvalue weighted by Gasteiger charge is 2.27. The van der Waals surface area contributed by atoms with Crippen LogP contribution < -0.4 is 5.32 Å². The largest absolute Gasteiger partial charge is 0.472 e. The predicted octanol–water partition coefficient (Wildman–Crippen LogP) is 13.9. The molecule has 0 aliphatic carbocycles. The summed E-state index contributed by atoms with van der Waals surface area (Å²) in [5.74, 6) is -0.195. The van der Waals surface area contributed by atoms with Crippen molar-refractivity contribution in [2.45, 2.75) is 231 Å². The number of carbonyl (C=O) groups excluding carboxylic acids is 1. The summed E-state index contributed by atoms with van der Waals surface area (Å²) in [6.07, 6.45) is 50.8. The topological polar surface area (TPSA) is 105 Å². The summed E-state index contributed by atoms with van der Waals surface area (Å²) in [7, 11) is 1.55. The monoisotopic (exact) mass is 840 g/mol. The minimum atomic E-state index is -4.35. The maximum absolute atomic E-state index is 12.9. The van der Waals surface area contributed by atoms with E-state index in [1.807, 2.05) is 27.2 Å². The fourth-order valence-electron chi connectivity index (χ4n) is 6.93. The van der Waals surface area contributed by atoms with Crippen molar-refractivity contribution in [3.8, 4) is 0 Å². The summed E-state index contributed by atoms with van der Waals surface area (Å²) in [6, 6.07) is -0.866. The Kier molecular flexibility index (Phi) is 40.2. The van der Waals surface area contributed by atoms with Gasteiger partial charge in [0.1, 0.15) is 13.2 Å². The first-order chi connectivity index (χ1) is 28.0. The fraction of sp³-hybridized carbons (Fsp3) is 0.857. The molecule has 0 aliphatic heterocycles. The summed E-state index contributed by atoms with van der Waals surface area (Å²) in [5.41, 5.74) is 0. The highest BCUT2D eigenvalue weighted by molar-refractivity contribution is 7.47. The van der Waals surface area contributed by atoms with Crippen LogP contribution in [0.5, 0.6) is 0 Å². The van der Waals surface area contributed by atoms with Gasteiger partial charge in [0.05, 0.1) is 39.9 Å². The summed E-state index contributed by atoms with van der Waals surface area (Å²) >= 11 is 0. The number of hydrogen-bond donors (Lipinski definition) is 3. The van der Waals surface area contributed by atoms with Crippen LogP contribution in [0.1, 0.15) is 219 Å². The Morgan fingerprint density at radius 2 is 0.948 bits per heavy atom. The number of likely N-dealkylation sites (N-methyl/N-ethyl adjacent to an activating group) is 1. The molecule has 0 radical (unpaired) electrons. The van der Waals surface area contributed by atoms with Crippen molar-refractivity contribution in [3.63, 3.8) is 0 Å². The summed E-state index contributed by atoms with van der Waals surface area (Å²) < 4.78 is 23.6. The number of allylic oxidation sites excluding steroid dienone is 5. The highest BCUT2D eigenvalue weighted by atomic mass is 31.2. The van der Waals surface area contributed by atoms with Crippen molar-refractivity contribution in [1.29, 1.82) is 0 Å². The van der Waals surface area contributed by atoms with Gasteiger partial charge in [-0.25, -0.2) is 4.57 Å². The van der Waals surface area contributed by atoms with Gasteiger partial charge in [-0.3, -0.25) is 13.8 Å². The number of nitrogens with zero attached hydrogens (tertiary/aromatic N) is 1. The number of hydrogen-bond acceptors (Lipinski definition) is 5. The molecule has 0 aromatic rings. The molecule has 0 saturated heterocycles. The van der Waals surface area contributed by atoms with E-state index >= 15 is 0 Å². The second kappa shape index (κ2) is 41.1.